The lowest BCUT2D eigenvalue weighted by molar-refractivity contribution is -0.120. The number of hydrogen-bond acceptors (Lipinski definition) is 3. The number of nitrogens with one attached hydrogen (secondary N) is 3. The number of carbonyl (C=O) groups is 3. The molecule has 0 fully saturated rings. The van der Waals surface area contributed by atoms with Gasteiger partial charge in [0.25, 0.3) is 17.7 Å². The van der Waals surface area contributed by atoms with Crippen molar-refractivity contribution in [1.29, 1.82) is 0 Å². The number of hydrazine groups is 1. The maximum Gasteiger partial charge on any atom is 0.270 e. The molecule has 0 aliphatic heterocycles. The van der Waals surface area contributed by atoms with E-state index in [4.69, 9.17) is 0 Å². The highest BCUT2D eigenvalue weighted by Gasteiger charge is 2.12. The zero-order valence-corrected chi connectivity index (χ0v) is 15.4. The van der Waals surface area contributed by atoms with Gasteiger partial charge in [0.2, 0.25) is 0 Å². The minimum absolute atomic E-state index is 0.248. The van der Waals surface area contributed by atoms with Crippen molar-refractivity contribution < 1.29 is 14.4 Å². The first-order chi connectivity index (χ1) is 11.9. The van der Waals surface area contributed by atoms with Crippen molar-refractivity contribution >= 4 is 33.7 Å². The molecule has 25 heavy (non-hydrogen) atoms. The van der Waals surface area contributed by atoms with Crippen molar-refractivity contribution in [3.05, 3.63) is 69.2 Å². The molecule has 2 rings (SSSR count). The molecular weight excluding hydrogens is 386 g/mol. The lowest BCUT2D eigenvalue weighted by atomic mass is 10.1. The fourth-order valence-corrected chi connectivity index (χ4v) is 2.72. The van der Waals surface area contributed by atoms with E-state index in [1.165, 1.54) is 0 Å². The third-order valence-corrected chi connectivity index (χ3v) is 4.02. The van der Waals surface area contributed by atoms with E-state index in [2.05, 4.69) is 32.1 Å². The summed E-state index contributed by atoms with van der Waals surface area (Å²) in [5.74, 6) is -1.33. The van der Waals surface area contributed by atoms with Gasteiger partial charge in [0.05, 0.1) is 12.1 Å². The lowest BCUT2D eigenvalue weighted by Crippen LogP contribution is -2.46. The molecule has 3 N–H and O–H groups in total. The summed E-state index contributed by atoms with van der Waals surface area (Å²) in [6.07, 6.45) is 0. The second-order valence-corrected chi connectivity index (χ2v) is 6.40. The average Bonchev–Trinajstić information content (AvgIpc) is 2.57. The molecule has 0 saturated carbocycles. The Hall–Kier alpha value is -2.67. The van der Waals surface area contributed by atoms with Crippen molar-refractivity contribution in [2.75, 3.05) is 6.54 Å². The van der Waals surface area contributed by atoms with Gasteiger partial charge in [-0.3, -0.25) is 25.2 Å². The van der Waals surface area contributed by atoms with Crippen LogP contribution in [-0.4, -0.2) is 24.3 Å². The molecule has 2 aromatic rings. The minimum Gasteiger partial charge on any atom is -0.343 e. The Morgan fingerprint density at radius 2 is 1.56 bits per heavy atom. The molecule has 6 nitrogen and oxygen atoms in total. The predicted molar refractivity (Wildman–Crippen MR) is 98.0 cm³/mol. The van der Waals surface area contributed by atoms with E-state index in [0.29, 0.717) is 15.6 Å². The van der Waals surface area contributed by atoms with Crippen LogP contribution in [0.25, 0.3) is 0 Å². The number of halogens is 1. The smallest absolute Gasteiger partial charge is 0.270 e. The van der Waals surface area contributed by atoms with E-state index in [1.807, 2.05) is 19.9 Å². The Morgan fingerprint density at radius 3 is 2.20 bits per heavy atom. The maximum atomic E-state index is 12.1. The molecule has 0 heterocycles. The molecule has 0 aliphatic carbocycles. The fourth-order valence-electron chi connectivity index (χ4n) is 2.25. The highest BCUT2D eigenvalue weighted by molar-refractivity contribution is 9.10. The third-order valence-electron chi connectivity index (χ3n) is 3.33. The summed E-state index contributed by atoms with van der Waals surface area (Å²) in [7, 11) is 0. The van der Waals surface area contributed by atoms with Crippen LogP contribution in [0.1, 0.15) is 31.8 Å². The van der Waals surface area contributed by atoms with Crippen molar-refractivity contribution in [3.8, 4) is 0 Å². The zero-order valence-electron chi connectivity index (χ0n) is 13.9. The molecule has 0 saturated heterocycles. The predicted octanol–water partition coefficient (Wildman–Crippen LogP) is 2.26. The molecule has 7 heteroatoms. The monoisotopic (exact) mass is 403 g/mol. The standard InChI is InChI=1S/C18H18BrN3O3/c1-11-7-12(2)9-13(8-11)17(24)20-10-16(23)21-22-18(25)14-5-3-4-6-15(14)19/h3-9H,10H2,1-2H3,(H,20,24)(H,21,23)(H,22,25). The molecule has 2 aromatic carbocycles. The molecule has 0 atom stereocenters. The van der Waals surface area contributed by atoms with Gasteiger partial charge < -0.3 is 5.32 Å². The van der Waals surface area contributed by atoms with Crippen LogP contribution in [0.3, 0.4) is 0 Å². The van der Waals surface area contributed by atoms with Crippen LogP contribution in [-0.2, 0) is 4.79 Å². The first kappa shape index (κ1) is 18.7. The van der Waals surface area contributed by atoms with Crippen molar-refractivity contribution in [2.24, 2.45) is 0 Å². The number of rotatable bonds is 4. The lowest BCUT2D eigenvalue weighted by Gasteiger charge is -2.10. The van der Waals surface area contributed by atoms with Crippen LogP contribution in [0.5, 0.6) is 0 Å². The van der Waals surface area contributed by atoms with Gasteiger partial charge in [-0.15, -0.1) is 0 Å². The number of benzene rings is 2. The van der Waals surface area contributed by atoms with Crippen LogP contribution >= 0.6 is 15.9 Å². The van der Waals surface area contributed by atoms with Crippen molar-refractivity contribution in [3.63, 3.8) is 0 Å². The van der Waals surface area contributed by atoms with E-state index in [9.17, 15) is 14.4 Å². The summed E-state index contributed by atoms with van der Waals surface area (Å²) in [5, 5.41) is 2.52. The second kappa shape index (κ2) is 8.43. The van der Waals surface area contributed by atoms with Gasteiger partial charge in [0, 0.05) is 10.0 Å². The van der Waals surface area contributed by atoms with Gasteiger partial charge in [0.15, 0.2) is 0 Å². The molecule has 130 valence electrons. The van der Waals surface area contributed by atoms with Gasteiger partial charge >= 0.3 is 0 Å². The third kappa shape index (κ3) is 5.42. The Kier molecular flexibility index (Phi) is 6.30. The Labute approximate surface area is 154 Å². The number of carbonyl (C=O) groups excluding carboxylic acids is 3. The summed E-state index contributed by atoms with van der Waals surface area (Å²) in [6, 6.07) is 12.3. The summed E-state index contributed by atoms with van der Waals surface area (Å²) in [4.78, 5) is 35.8. The molecule has 0 unspecified atom stereocenters. The van der Waals surface area contributed by atoms with Gasteiger partial charge in [0.1, 0.15) is 0 Å². The van der Waals surface area contributed by atoms with E-state index >= 15 is 0 Å². The normalized spacial score (nSPS) is 10.0. The Morgan fingerprint density at radius 1 is 0.920 bits per heavy atom. The molecule has 3 amide bonds. The highest BCUT2D eigenvalue weighted by atomic mass is 79.9. The van der Waals surface area contributed by atoms with Crippen LogP contribution in [0.2, 0.25) is 0 Å². The Balaban J connectivity index is 1.83. The van der Waals surface area contributed by atoms with Crippen LogP contribution in [0, 0.1) is 13.8 Å². The van der Waals surface area contributed by atoms with Crippen molar-refractivity contribution in [2.45, 2.75) is 13.8 Å². The quantitative estimate of drug-likeness (QED) is 0.684. The zero-order chi connectivity index (χ0) is 18.4. The second-order valence-electron chi connectivity index (χ2n) is 5.54. The number of aryl methyl sites for hydroxylation is 2. The highest BCUT2D eigenvalue weighted by Crippen LogP contribution is 2.15. The fraction of sp³-hybridized carbons (Fsp3) is 0.167. The van der Waals surface area contributed by atoms with Crippen LogP contribution < -0.4 is 16.2 Å². The maximum absolute atomic E-state index is 12.1. The number of hydrogen-bond donors (Lipinski definition) is 3. The minimum atomic E-state index is -0.530. The van der Waals surface area contributed by atoms with Crippen molar-refractivity contribution in [1.82, 2.24) is 16.2 Å². The van der Waals surface area contributed by atoms with Gasteiger partial charge in [-0.2, -0.15) is 0 Å². The molecule has 0 bridgehead atoms. The average molecular weight is 404 g/mol. The molecular formula is C18H18BrN3O3. The number of amides is 3. The summed E-state index contributed by atoms with van der Waals surface area (Å²) < 4.78 is 0.616. The largest absolute Gasteiger partial charge is 0.343 e. The summed E-state index contributed by atoms with van der Waals surface area (Å²) in [6.45, 7) is 3.55. The van der Waals surface area contributed by atoms with Gasteiger partial charge in [-0.25, -0.2) is 0 Å². The van der Waals surface area contributed by atoms with E-state index in [1.54, 1.807) is 36.4 Å². The van der Waals surface area contributed by atoms with Gasteiger partial charge in [-0.05, 0) is 54.0 Å². The molecule has 0 aliphatic rings. The topological polar surface area (TPSA) is 87.3 Å². The molecule has 0 aromatic heterocycles. The van der Waals surface area contributed by atoms with Gasteiger partial charge in [-0.1, -0.05) is 29.3 Å². The molecule has 0 radical (unpaired) electrons. The van der Waals surface area contributed by atoms with E-state index in [0.717, 1.165) is 11.1 Å². The Bertz CT molecular complexity index is 801. The summed E-state index contributed by atoms with van der Waals surface area (Å²) >= 11 is 3.26. The first-order valence-electron chi connectivity index (χ1n) is 7.57. The van der Waals surface area contributed by atoms with E-state index in [-0.39, 0.29) is 12.5 Å². The first-order valence-corrected chi connectivity index (χ1v) is 8.36. The SMILES string of the molecule is Cc1cc(C)cc(C(=O)NCC(=O)NNC(=O)c2ccccc2Br)c1. The van der Waals surface area contributed by atoms with Crippen LogP contribution in [0.4, 0.5) is 0 Å². The van der Waals surface area contributed by atoms with Crippen LogP contribution in [0.15, 0.2) is 46.9 Å². The molecule has 0 spiro atoms. The van der Waals surface area contributed by atoms with E-state index < -0.39 is 11.8 Å². The summed E-state index contributed by atoms with van der Waals surface area (Å²) in [5.41, 5.74) is 7.38.